The summed E-state index contributed by atoms with van der Waals surface area (Å²) in [5, 5.41) is 0. The maximum absolute atomic E-state index is 12.4. The Hall–Kier alpha value is -3.49. The Morgan fingerprint density at radius 3 is 2.50 bits per heavy atom. The number of aromatic nitrogens is 2. The number of hydrogen-bond acceptors (Lipinski definition) is 6. The molecule has 4 rings (SSSR count). The van der Waals surface area contributed by atoms with Crippen LogP contribution in [0, 0.1) is 6.92 Å². The lowest BCUT2D eigenvalue weighted by molar-refractivity contribution is -0.0708. The summed E-state index contributed by atoms with van der Waals surface area (Å²) in [6, 6.07) is 18.4. The molecule has 32 heavy (non-hydrogen) atoms. The van der Waals surface area contributed by atoms with Crippen molar-refractivity contribution in [2.75, 3.05) is 6.61 Å². The fourth-order valence-corrected chi connectivity index (χ4v) is 3.59. The van der Waals surface area contributed by atoms with Crippen LogP contribution < -0.4 is 11.2 Å². The molecule has 1 saturated heterocycles. The molecule has 1 N–H and O–H groups in total. The van der Waals surface area contributed by atoms with Crippen molar-refractivity contribution in [3.8, 4) is 0 Å². The van der Waals surface area contributed by atoms with E-state index in [1.807, 2.05) is 36.4 Å². The van der Waals surface area contributed by atoms with Gasteiger partial charge in [-0.2, -0.15) is 0 Å². The Balaban J connectivity index is 1.49. The van der Waals surface area contributed by atoms with E-state index in [1.165, 1.54) is 10.8 Å². The number of esters is 1. The summed E-state index contributed by atoms with van der Waals surface area (Å²) in [4.78, 5) is 38.7. The first-order valence-corrected chi connectivity index (χ1v) is 10.4. The van der Waals surface area contributed by atoms with Gasteiger partial charge in [0, 0.05) is 18.2 Å². The van der Waals surface area contributed by atoms with Crippen LogP contribution in [0.3, 0.4) is 0 Å². The van der Waals surface area contributed by atoms with Crippen LogP contribution in [0.5, 0.6) is 0 Å². The van der Waals surface area contributed by atoms with E-state index in [1.54, 1.807) is 31.2 Å². The van der Waals surface area contributed by atoms with Crippen LogP contribution in [0.4, 0.5) is 0 Å². The molecule has 1 aromatic heterocycles. The van der Waals surface area contributed by atoms with E-state index in [9.17, 15) is 14.4 Å². The first-order chi connectivity index (χ1) is 15.5. The zero-order chi connectivity index (χ0) is 22.5. The van der Waals surface area contributed by atoms with Crippen LogP contribution in [0.15, 0.2) is 76.4 Å². The first-order valence-electron chi connectivity index (χ1n) is 10.4. The van der Waals surface area contributed by atoms with Crippen molar-refractivity contribution in [3.05, 3.63) is 104 Å². The van der Waals surface area contributed by atoms with Gasteiger partial charge >= 0.3 is 11.7 Å². The highest BCUT2D eigenvalue weighted by atomic mass is 16.6. The van der Waals surface area contributed by atoms with Gasteiger partial charge < -0.3 is 14.2 Å². The molecule has 166 valence electrons. The number of nitrogens with zero attached hydrogens (tertiary/aromatic N) is 1. The van der Waals surface area contributed by atoms with Crippen LogP contribution in [-0.4, -0.2) is 34.3 Å². The Morgan fingerprint density at radius 1 is 1.09 bits per heavy atom. The zero-order valence-electron chi connectivity index (χ0n) is 17.6. The van der Waals surface area contributed by atoms with E-state index < -0.39 is 35.7 Å². The fourth-order valence-electron chi connectivity index (χ4n) is 3.59. The lowest BCUT2D eigenvalue weighted by atomic mass is 10.1. The summed E-state index contributed by atoms with van der Waals surface area (Å²) < 4.78 is 18.9. The molecule has 0 aliphatic carbocycles. The Morgan fingerprint density at radius 2 is 1.78 bits per heavy atom. The monoisotopic (exact) mass is 436 g/mol. The van der Waals surface area contributed by atoms with Crippen molar-refractivity contribution in [1.29, 1.82) is 0 Å². The highest BCUT2D eigenvalue weighted by molar-refractivity contribution is 5.89. The maximum atomic E-state index is 12.4. The van der Waals surface area contributed by atoms with Crippen molar-refractivity contribution >= 4 is 5.97 Å². The normalized spacial score (nSPS) is 20.2. The second kappa shape index (κ2) is 9.76. The van der Waals surface area contributed by atoms with Gasteiger partial charge in [0.15, 0.2) is 0 Å². The van der Waals surface area contributed by atoms with E-state index in [-0.39, 0.29) is 6.61 Å². The molecule has 1 aliphatic rings. The van der Waals surface area contributed by atoms with Crippen molar-refractivity contribution in [1.82, 2.24) is 9.55 Å². The molecule has 0 spiro atoms. The number of rotatable bonds is 7. The van der Waals surface area contributed by atoms with Crippen LogP contribution in [0.2, 0.25) is 0 Å². The van der Waals surface area contributed by atoms with Crippen LogP contribution in [0.25, 0.3) is 0 Å². The van der Waals surface area contributed by atoms with Crippen LogP contribution in [0.1, 0.15) is 34.1 Å². The van der Waals surface area contributed by atoms with Crippen molar-refractivity contribution in [2.45, 2.75) is 38.4 Å². The number of aromatic amines is 1. The number of carbonyl (C=O) groups excluding carboxylic acids is 1. The van der Waals surface area contributed by atoms with Gasteiger partial charge in [-0.1, -0.05) is 48.5 Å². The molecular weight excluding hydrogens is 412 g/mol. The number of H-pyrrole nitrogens is 1. The second-order valence-corrected chi connectivity index (χ2v) is 7.64. The molecule has 0 radical (unpaired) electrons. The standard InChI is InChI=1S/C24H24N2O6/c1-16-13-26(24(29)25-22(16)27)21-12-19(30-14-17-8-4-2-5-9-17)20(32-21)15-31-23(28)18-10-6-3-7-11-18/h2-11,13,19-21H,12,14-15H2,1H3,(H,25,27,29)/t19-,20+,21?/m0/s1. The lowest BCUT2D eigenvalue weighted by Gasteiger charge is -2.19. The summed E-state index contributed by atoms with van der Waals surface area (Å²) in [7, 11) is 0. The van der Waals surface area contributed by atoms with E-state index in [4.69, 9.17) is 14.2 Å². The minimum absolute atomic E-state index is 0.0270. The van der Waals surface area contributed by atoms with Gasteiger partial charge in [-0.3, -0.25) is 14.3 Å². The van der Waals surface area contributed by atoms with Gasteiger partial charge in [0.25, 0.3) is 5.56 Å². The minimum atomic E-state index is -0.653. The van der Waals surface area contributed by atoms with E-state index in [0.29, 0.717) is 24.2 Å². The molecule has 0 amide bonds. The third-order valence-electron chi connectivity index (χ3n) is 5.33. The highest BCUT2D eigenvalue weighted by Crippen LogP contribution is 2.31. The molecule has 8 heteroatoms. The van der Waals surface area contributed by atoms with Gasteiger partial charge in [-0.15, -0.1) is 0 Å². The molecule has 8 nitrogen and oxygen atoms in total. The van der Waals surface area contributed by atoms with E-state index in [0.717, 1.165) is 5.56 Å². The number of nitrogens with one attached hydrogen (secondary N) is 1. The number of hydrogen-bond donors (Lipinski definition) is 1. The van der Waals surface area contributed by atoms with Gasteiger partial charge in [0.05, 0.1) is 18.3 Å². The molecule has 0 saturated carbocycles. The summed E-state index contributed by atoms with van der Waals surface area (Å²) in [5.41, 5.74) is 0.835. The summed E-state index contributed by atoms with van der Waals surface area (Å²) in [6.45, 7) is 1.94. The molecular formula is C24H24N2O6. The maximum Gasteiger partial charge on any atom is 0.338 e. The van der Waals surface area contributed by atoms with Crippen molar-refractivity contribution in [3.63, 3.8) is 0 Å². The minimum Gasteiger partial charge on any atom is -0.459 e. The van der Waals surface area contributed by atoms with Gasteiger partial charge in [0.1, 0.15) is 18.9 Å². The average Bonchev–Trinajstić information content (AvgIpc) is 3.22. The first kappa shape index (κ1) is 21.7. The van der Waals surface area contributed by atoms with Gasteiger partial charge in [0.2, 0.25) is 0 Å². The van der Waals surface area contributed by atoms with Crippen LogP contribution in [-0.2, 0) is 20.8 Å². The Labute approximate surface area is 184 Å². The fraction of sp³-hybridized carbons (Fsp3) is 0.292. The zero-order valence-corrected chi connectivity index (χ0v) is 17.6. The highest BCUT2D eigenvalue weighted by Gasteiger charge is 2.38. The third-order valence-corrected chi connectivity index (χ3v) is 5.33. The molecule has 1 aliphatic heterocycles. The topological polar surface area (TPSA) is 99.6 Å². The predicted octanol–water partition coefficient (Wildman–Crippen LogP) is 2.57. The molecule has 0 bridgehead atoms. The quantitative estimate of drug-likeness (QED) is 0.572. The van der Waals surface area contributed by atoms with Gasteiger partial charge in [-0.25, -0.2) is 9.59 Å². The summed E-state index contributed by atoms with van der Waals surface area (Å²) >= 11 is 0. The van der Waals surface area contributed by atoms with Crippen LogP contribution >= 0.6 is 0 Å². The Kier molecular flexibility index (Phi) is 6.63. The number of aryl methyl sites for hydroxylation is 1. The second-order valence-electron chi connectivity index (χ2n) is 7.64. The summed E-state index contributed by atoms with van der Waals surface area (Å²) in [6.07, 6.45) is 0.196. The number of carbonyl (C=O) groups is 1. The average molecular weight is 436 g/mol. The molecule has 1 unspecified atom stereocenters. The molecule has 3 aromatic rings. The molecule has 1 fully saturated rings. The molecule has 2 heterocycles. The number of benzene rings is 2. The third kappa shape index (κ3) is 5.04. The van der Waals surface area contributed by atoms with Gasteiger partial charge in [-0.05, 0) is 24.6 Å². The SMILES string of the molecule is Cc1cn(C2C[C@H](OCc3ccccc3)[C@@H](COC(=O)c3ccccc3)O2)c(=O)[nH]c1=O. The number of ether oxygens (including phenoxy) is 3. The smallest absolute Gasteiger partial charge is 0.338 e. The molecule has 3 atom stereocenters. The van der Waals surface area contributed by atoms with E-state index in [2.05, 4.69) is 4.98 Å². The lowest BCUT2D eigenvalue weighted by Crippen LogP contribution is -2.33. The largest absolute Gasteiger partial charge is 0.459 e. The van der Waals surface area contributed by atoms with E-state index >= 15 is 0 Å². The summed E-state index contributed by atoms with van der Waals surface area (Å²) in [5.74, 6) is -0.462. The predicted molar refractivity (Wildman–Crippen MR) is 116 cm³/mol. The molecule has 2 aromatic carbocycles. The van der Waals surface area contributed by atoms with Crippen molar-refractivity contribution in [2.24, 2.45) is 0 Å². The Bertz CT molecular complexity index is 1170. The van der Waals surface area contributed by atoms with Crippen molar-refractivity contribution < 1.29 is 19.0 Å².